The van der Waals surface area contributed by atoms with E-state index in [0.717, 1.165) is 54.6 Å². The summed E-state index contributed by atoms with van der Waals surface area (Å²) >= 11 is 1.08. The molecule has 0 saturated heterocycles. The van der Waals surface area contributed by atoms with Crippen LogP contribution in [0.4, 0.5) is 0 Å². The maximum atomic E-state index is 13.1. The number of nitrogens with two attached hydrogens (primary N) is 1. The Balaban J connectivity index is 1.83. The summed E-state index contributed by atoms with van der Waals surface area (Å²) < 4.78 is 29.9. The fourth-order valence-electron chi connectivity index (χ4n) is 4.75. The predicted molar refractivity (Wildman–Crippen MR) is 130 cm³/mol. The Kier molecular flexibility index (Phi) is 7.07. The van der Waals surface area contributed by atoms with Gasteiger partial charge in [0, 0.05) is 23.5 Å². The standard InChI is InChI=1S/C25H29NO5S2/c1-2-8-18(22-23(27)20-11-5-3-4-6-12-21(20)31-24(22)28)16-9-7-10-17(15-16)19-13-14-32-25(19)33(26,29)30/h7,9-10,13-15,18,27H,2-6,8,11-12H2,1H3,(H2,26,29,30). The molecule has 2 heterocycles. The number of rotatable bonds is 6. The van der Waals surface area contributed by atoms with Crippen molar-refractivity contribution in [3.63, 3.8) is 0 Å². The molecule has 0 radical (unpaired) electrons. The number of aromatic hydroxyl groups is 1. The summed E-state index contributed by atoms with van der Waals surface area (Å²) in [6, 6.07) is 9.18. The first-order chi connectivity index (χ1) is 15.8. The van der Waals surface area contributed by atoms with Crippen LogP contribution < -0.4 is 10.8 Å². The Morgan fingerprint density at radius 3 is 2.64 bits per heavy atom. The summed E-state index contributed by atoms with van der Waals surface area (Å²) in [4.78, 5) is 13.1. The molecular weight excluding hydrogens is 458 g/mol. The highest BCUT2D eigenvalue weighted by Gasteiger charge is 2.27. The highest BCUT2D eigenvalue weighted by Crippen LogP contribution is 2.39. The van der Waals surface area contributed by atoms with Crippen LogP contribution in [-0.4, -0.2) is 13.5 Å². The second-order valence-electron chi connectivity index (χ2n) is 8.60. The molecule has 0 amide bonds. The summed E-state index contributed by atoms with van der Waals surface area (Å²) in [6.45, 7) is 2.03. The molecular formula is C25H29NO5S2. The van der Waals surface area contributed by atoms with Crippen molar-refractivity contribution in [1.29, 1.82) is 0 Å². The highest BCUT2D eigenvalue weighted by atomic mass is 32.2. The SMILES string of the molecule is CCCC(c1cccc(-c2ccsc2S(N)(=O)=O)c1)c1c(O)c2c(oc1=O)CCCCCC2. The minimum atomic E-state index is -3.85. The fourth-order valence-corrected chi connectivity index (χ4v) is 6.58. The average molecular weight is 488 g/mol. The quantitative estimate of drug-likeness (QED) is 0.489. The molecule has 176 valence electrons. The van der Waals surface area contributed by atoms with Crippen molar-refractivity contribution in [2.24, 2.45) is 5.14 Å². The van der Waals surface area contributed by atoms with Crippen molar-refractivity contribution < 1.29 is 17.9 Å². The van der Waals surface area contributed by atoms with Gasteiger partial charge in [0.15, 0.2) is 0 Å². The molecule has 1 aromatic carbocycles. The van der Waals surface area contributed by atoms with Crippen molar-refractivity contribution >= 4 is 21.4 Å². The van der Waals surface area contributed by atoms with Crippen LogP contribution in [0.3, 0.4) is 0 Å². The van der Waals surface area contributed by atoms with Gasteiger partial charge in [-0.15, -0.1) is 11.3 Å². The topological polar surface area (TPSA) is 111 Å². The molecule has 0 saturated carbocycles. The number of hydrogen-bond acceptors (Lipinski definition) is 6. The molecule has 1 unspecified atom stereocenters. The summed E-state index contributed by atoms with van der Waals surface area (Å²) in [5.74, 6) is 0.312. The molecule has 1 atom stereocenters. The van der Waals surface area contributed by atoms with E-state index in [2.05, 4.69) is 0 Å². The van der Waals surface area contributed by atoms with Gasteiger partial charge in [-0.05, 0) is 48.3 Å². The minimum absolute atomic E-state index is 0.0627. The van der Waals surface area contributed by atoms with Gasteiger partial charge in [0.25, 0.3) is 0 Å². The summed E-state index contributed by atoms with van der Waals surface area (Å²) in [7, 11) is -3.85. The fraction of sp³-hybridized carbons (Fsp3) is 0.400. The van der Waals surface area contributed by atoms with E-state index in [9.17, 15) is 18.3 Å². The number of aryl methyl sites for hydroxylation is 1. The zero-order chi connectivity index (χ0) is 23.6. The van der Waals surface area contributed by atoms with Gasteiger partial charge in [0.2, 0.25) is 10.0 Å². The third-order valence-corrected chi connectivity index (χ3v) is 8.74. The lowest BCUT2D eigenvalue weighted by atomic mass is 9.85. The zero-order valence-electron chi connectivity index (χ0n) is 18.7. The van der Waals surface area contributed by atoms with Gasteiger partial charge in [-0.2, -0.15) is 0 Å². The lowest BCUT2D eigenvalue weighted by molar-refractivity contribution is 0.383. The third kappa shape index (κ3) is 4.93. The normalized spacial score (nSPS) is 15.5. The molecule has 0 spiro atoms. The summed E-state index contributed by atoms with van der Waals surface area (Å²) in [5.41, 5.74) is 2.63. The van der Waals surface area contributed by atoms with E-state index in [1.54, 1.807) is 11.4 Å². The molecule has 0 aliphatic heterocycles. The summed E-state index contributed by atoms with van der Waals surface area (Å²) in [5, 5.41) is 18.3. The van der Waals surface area contributed by atoms with Crippen molar-refractivity contribution in [2.45, 2.75) is 68.4 Å². The second-order valence-corrected chi connectivity index (χ2v) is 11.3. The monoisotopic (exact) mass is 487 g/mol. The number of thiophene rings is 1. The van der Waals surface area contributed by atoms with Crippen LogP contribution in [0.25, 0.3) is 11.1 Å². The largest absolute Gasteiger partial charge is 0.507 e. The van der Waals surface area contributed by atoms with Crippen LogP contribution >= 0.6 is 11.3 Å². The van der Waals surface area contributed by atoms with Crippen LogP contribution in [0.2, 0.25) is 0 Å². The molecule has 6 nitrogen and oxygen atoms in total. The molecule has 3 N–H and O–H groups in total. The Morgan fingerprint density at radius 1 is 1.15 bits per heavy atom. The van der Waals surface area contributed by atoms with Gasteiger partial charge in [-0.3, -0.25) is 0 Å². The average Bonchev–Trinajstić information content (AvgIpc) is 3.25. The lowest BCUT2D eigenvalue weighted by Crippen LogP contribution is -2.18. The van der Waals surface area contributed by atoms with Gasteiger partial charge in [0.05, 0.1) is 5.56 Å². The molecule has 4 rings (SSSR count). The first-order valence-corrected chi connectivity index (χ1v) is 13.8. The predicted octanol–water partition coefficient (Wildman–Crippen LogP) is 5.31. The molecule has 2 aromatic heterocycles. The highest BCUT2D eigenvalue weighted by molar-refractivity contribution is 7.91. The van der Waals surface area contributed by atoms with E-state index in [0.29, 0.717) is 41.7 Å². The van der Waals surface area contributed by atoms with Crippen LogP contribution in [0.15, 0.2) is 49.1 Å². The van der Waals surface area contributed by atoms with Crippen LogP contribution in [0, 0.1) is 0 Å². The van der Waals surface area contributed by atoms with E-state index < -0.39 is 15.6 Å². The number of primary sulfonamides is 1. The maximum absolute atomic E-state index is 13.1. The van der Waals surface area contributed by atoms with E-state index in [-0.39, 0.29) is 15.9 Å². The Hall–Kier alpha value is -2.42. The van der Waals surface area contributed by atoms with Gasteiger partial charge in [-0.25, -0.2) is 18.4 Å². The number of sulfonamides is 1. The number of benzene rings is 1. The molecule has 3 aromatic rings. The number of fused-ring (bicyclic) bond motifs is 1. The molecule has 1 aliphatic rings. The Bertz CT molecular complexity index is 1310. The molecule has 1 aliphatic carbocycles. The van der Waals surface area contributed by atoms with Crippen molar-refractivity contribution in [3.8, 4) is 16.9 Å². The van der Waals surface area contributed by atoms with E-state index in [4.69, 9.17) is 9.56 Å². The van der Waals surface area contributed by atoms with Gasteiger partial charge in [-0.1, -0.05) is 50.5 Å². The zero-order valence-corrected chi connectivity index (χ0v) is 20.3. The number of hydrogen-bond donors (Lipinski definition) is 2. The molecule has 0 bridgehead atoms. The van der Waals surface area contributed by atoms with Gasteiger partial charge in [0.1, 0.15) is 15.7 Å². The van der Waals surface area contributed by atoms with Gasteiger partial charge >= 0.3 is 5.63 Å². The Labute approximate surface area is 198 Å². The first-order valence-electron chi connectivity index (χ1n) is 11.4. The van der Waals surface area contributed by atoms with E-state index in [1.807, 2.05) is 31.2 Å². The Morgan fingerprint density at radius 2 is 1.91 bits per heavy atom. The van der Waals surface area contributed by atoms with Crippen molar-refractivity contribution in [1.82, 2.24) is 0 Å². The molecule has 0 fully saturated rings. The second kappa shape index (κ2) is 9.83. The summed E-state index contributed by atoms with van der Waals surface area (Å²) in [6.07, 6.45) is 6.90. The first kappa shape index (κ1) is 23.7. The lowest BCUT2D eigenvalue weighted by Gasteiger charge is -2.21. The van der Waals surface area contributed by atoms with Crippen molar-refractivity contribution in [2.75, 3.05) is 0 Å². The smallest absolute Gasteiger partial charge is 0.343 e. The van der Waals surface area contributed by atoms with Crippen molar-refractivity contribution in [3.05, 3.63) is 68.6 Å². The van der Waals surface area contributed by atoms with Gasteiger partial charge < -0.3 is 9.52 Å². The van der Waals surface area contributed by atoms with Crippen LogP contribution in [0.5, 0.6) is 5.75 Å². The van der Waals surface area contributed by atoms with Crippen LogP contribution in [-0.2, 0) is 22.9 Å². The molecule has 33 heavy (non-hydrogen) atoms. The molecule has 8 heteroatoms. The van der Waals surface area contributed by atoms with E-state index >= 15 is 0 Å². The van der Waals surface area contributed by atoms with Crippen LogP contribution in [0.1, 0.15) is 73.8 Å². The third-order valence-electron chi connectivity index (χ3n) is 6.31. The minimum Gasteiger partial charge on any atom is -0.507 e. The maximum Gasteiger partial charge on any atom is 0.343 e. The van der Waals surface area contributed by atoms with E-state index in [1.165, 1.54) is 0 Å².